The fraction of sp³-hybridized carbons (Fsp3) is 0. The molecule has 1 heterocycles. The first kappa shape index (κ1) is 27.6. The van der Waals surface area contributed by atoms with E-state index in [1.54, 1.807) is 0 Å². The molecule has 8 aromatic rings. The predicted octanol–water partition coefficient (Wildman–Crippen LogP) is 7.70. The van der Waals surface area contributed by atoms with Crippen LogP contribution >= 0.6 is 0 Å². The van der Waals surface area contributed by atoms with Gasteiger partial charge in [0.1, 0.15) is 0 Å². The zero-order valence-corrected chi connectivity index (χ0v) is 26.2. The first-order valence-corrected chi connectivity index (χ1v) is 17.6. The van der Waals surface area contributed by atoms with E-state index in [-0.39, 0.29) is 0 Å². The van der Waals surface area contributed by atoms with Gasteiger partial charge in [0.05, 0.1) is 22.7 Å². The van der Waals surface area contributed by atoms with E-state index in [4.69, 9.17) is 0 Å². The Hall–Kier alpha value is -5.95. The highest BCUT2D eigenvalue weighted by atomic mass is 28.3. The van der Waals surface area contributed by atoms with E-state index in [0.717, 1.165) is 27.8 Å². The van der Waals surface area contributed by atoms with Crippen LogP contribution in [0.3, 0.4) is 0 Å². The van der Waals surface area contributed by atoms with Gasteiger partial charge in [-0.05, 0) is 56.1 Å². The van der Waals surface area contributed by atoms with Crippen LogP contribution in [0.4, 0.5) is 0 Å². The van der Waals surface area contributed by atoms with Crippen molar-refractivity contribution in [3.63, 3.8) is 0 Å². The van der Waals surface area contributed by atoms with E-state index in [1.165, 1.54) is 31.5 Å². The standard InChI is InChI=1S/C43H30N2Si/c44-31-32-30-33(45-41-25-13-10-22-38(41)39-23-11-14-26-42(39)45)28-29-37(32)40-24-12-15-27-43(40)46(34-16-4-1-5-17-34,35-18-6-2-7-19-35)36-20-8-3-9-21-36/h1-30H. The summed E-state index contributed by atoms with van der Waals surface area (Å²) in [5.74, 6) is 0. The molecule has 7 aromatic carbocycles. The molecule has 0 radical (unpaired) electrons. The van der Waals surface area contributed by atoms with Gasteiger partial charge in [0.15, 0.2) is 8.07 Å². The third-order valence-corrected chi connectivity index (χ3v) is 14.0. The Labute approximate surface area is 270 Å². The van der Waals surface area contributed by atoms with Crippen LogP contribution in [0.2, 0.25) is 0 Å². The normalized spacial score (nSPS) is 11.5. The zero-order chi connectivity index (χ0) is 30.9. The molecule has 0 aliphatic heterocycles. The van der Waals surface area contributed by atoms with E-state index >= 15 is 0 Å². The number of para-hydroxylation sites is 2. The fourth-order valence-electron chi connectivity index (χ4n) is 7.28. The van der Waals surface area contributed by atoms with Gasteiger partial charge >= 0.3 is 0 Å². The average Bonchev–Trinajstić information content (AvgIpc) is 3.48. The molecule has 0 N–H and O–H groups in total. The molecule has 0 atom stereocenters. The second-order valence-electron chi connectivity index (χ2n) is 11.6. The zero-order valence-electron chi connectivity index (χ0n) is 25.2. The van der Waals surface area contributed by atoms with Crippen LogP contribution in [0, 0.1) is 11.3 Å². The van der Waals surface area contributed by atoms with Crippen molar-refractivity contribution in [3.05, 3.63) is 188 Å². The van der Waals surface area contributed by atoms with Crippen molar-refractivity contribution in [2.45, 2.75) is 0 Å². The first-order chi connectivity index (χ1) is 22.8. The molecule has 3 heteroatoms. The molecule has 0 amide bonds. The van der Waals surface area contributed by atoms with Crippen LogP contribution in [-0.4, -0.2) is 12.6 Å². The third kappa shape index (κ3) is 4.31. The number of hydrogen-bond donors (Lipinski definition) is 0. The Morgan fingerprint density at radius 2 is 0.891 bits per heavy atom. The largest absolute Gasteiger partial charge is 0.309 e. The van der Waals surface area contributed by atoms with Gasteiger partial charge in [0.25, 0.3) is 0 Å². The van der Waals surface area contributed by atoms with E-state index in [0.29, 0.717) is 5.56 Å². The second kappa shape index (κ2) is 11.5. The van der Waals surface area contributed by atoms with Crippen LogP contribution < -0.4 is 20.7 Å². The molecule has 0 aliphatic rings. The van der Waals surface area contributed by atoms with Crippen LogP contribution in [-0.2, 0) is 0 Å². The van der Waals surface area contributed by atoms with Gasteiger partial charge in [-0.25, -0.2) is 0 Å². The molecular formula is C43H30N2Si. The quantitative estimate of drug-likeness (QED) is 0.142. The summed E-state index contributed by atoms with van der Waals surface area (Å²) in [6.45, 7) is 0. The summed E-state index contributed by atoms with van der Waals surface area (Å²) in [7, 11) is -2.82. The lowest BCUT2D eigenvalue weighted by Crippen LogP contribution is -2.75. The maximum absolute atomic E-state index is 10.7. The summed E-state index contributed by atoms with van der Waals surface area (Å²) in [5.41, 5.74) is 5.93. The number of nitriles is 1. The third-order valence-electron chi connectivity index (χ3n) is 9.20. The molecule has 0 fully saturated rings. The van der Waals surface area contributed by atoms with Crippen LogP contribution in [0.1, 0.15) is 5.56 Å². The number of nitrogens with zero attached hydrogens (tertiary/aromatic N) is 2. The number of aromatic nitrogens is 1. The van der Waals surface area contributed by atoms with Crippen molar-refractivity contribution in [1.29, 1.82) is 5.26 Å². The molecule has 0 saturated heterocycles. The van der Waals surface area contributed by atoms with Gasteiger partial charge in [-0.2, -0.15) is 5.26 Å². The van der Waals surface area contributed by atoms with Crippen molar-refractivity contribution in [2.24, 2.45) is 0 Å². The Morgan fingerprint density at radius 1 is 0.435 bits per heavy atom. The fourth-order valence-corrected chi connectivity index (χ4v) is 12.3. The lowest BCUT2D eigenvalue weighted by atomic mass is 9.99. The summed E-state index contributed by atoms with van der Waals surface area (Å²) < 4.78 is 2.28. The smallest absolute Gasteiger partial charge is 0.180 e. The molecule has 0 unspecified atom stereocenters. The Bertz CT molecular complexity index is 2220. The Kier molecular flexibility index (Phi) is 6.91. The van der Waals surface area contributed by atoms with E-state index in [9.17, 15) is 5.26 Å². The van der Waals surface area contributed by atoms with Crippen LogP contribution in [0.15, 0.2) is 182 Å². The number of hydrogen-bond acceptors (Lipinski definition) is 1. The molecular weight excluding hydrogens is 573 g/mol. The number of rotatable bonds is 6. The summed E-state index contributed by atoms with van der Waals surface area (Å²) in [6, 6.07) is 67.5. The molecule has 8 rings (SSSR count). The van der Waals surface area contributed by atoms with Crippen molar-refractivity contribution < 1.29 is 0 Å². The lowest BCUT2D eigenvalue weighted by molar-refractivity contribution is 1.18. The minimum absolute atomic E-state index is 0.656. The average molecular weight is 603 g/mol. The molecule has 46 heavy (non-hydrogen) atoms. The Morgan fingerprint density at radius 3 is 1.41 bits per heavy atom. The predicted molar refractivity (Wildman–Crippen MR) is 195 cm³/mol. The summed E-state index contributed by atoms with van der Waals surface area (Å²) in [5, 5.41) is 18.3. The minimum Gasteiger partial charge on any atom is -0.309 e. The topological polar surface area (TPSA) is 28.7 Å². The van der Waals surface area contributed by atoms with Gasteiger partial charge in [0, 0.05) is 16.5 Å². The summed E-state index contributed by atoms with van der Waals surface area (Å²) >= 11 is 0. The summed E-state index contributed by atoms with van der Waals surface area (Å²) in [4.78, 5) is 0. The van der Waals surface area contributed by atoms with Gasteiger partial charge in [-0.3, -0.25) is 0 Å². The van der Waals surface area contributed by atoms with Crippen LogP contribution in [0.25, 0.3) is 38.6 Å². The molecule has 0 saturated carbocycles. The molecule has 2 nitrogen and oxygen atoms in total. The lowest BCUT2D eigenvalue weighted by Gasteiger charge is -2.36. The van der Waals surface area contributed by atoms with Crippen molar-refractivity contribution in [1.82, 2.24) is 4.57 Å². The maximum atomic E-state index is 10.7. The van der Waals surface area contributed by atoms with E-state index in [1.807, 2.05) is 0 Å². The van der Waals surface area contributed by atoms with Crippen LogP contribution in [0.5, 0.6) is 0 Å². The van der Waals surface area contributed by atoms with Gasteiger partial charge < -0.3 is 4.57 Å². The molecule has 0 bridgehead atoms. The highest BCUT2D eigenvalue weighted by Gasteiger charge is 2.43. The monoisotopic (exact) mass is 602 g/mol. The second-order valence-corrected chi connectivity index (χ2v) is 15.4. The first-order valence-electron chi connectivity index (χ1n) is 15.6. The van der Waals surface area contributed by atoms with Gasteiger partial charge in [-0.15, -0.1) is 0 Å². The van der Waals surface area contributed by atoms with Crippen molar-refractivity contribution in [2.75, 3.05) is 0 Å². The van der Waals surface area contributed by atoms with E-state index < -0.39 is 8.07 Å². The molecule has 0 spiro atoms. The van der Waals surface area contributed by atoms with Gasteiger partial charge in [-0.1, -0.05) is 158 Å². The maximum Gasteiger partial charge on any atom is 0.180 e. The minimum atomic E-state index is -2.82. The summed E-state index contributed by atoms with van der Waals surface area (Å²) in [6.07, 6.45) is 0. The van der Waals surface area contributed by atoms with Gasteiger partial charge in [0.2, 0.25) is 0 Å². The van der Waals surface area contributed by atoms with Crippen molar-refractivity contribution >= 4 is 50.6 Å². The molecule has 216 valence electrons. The number of fused-ring (bicyclic) bond motifs is 3. The molecule has 1 aromatic heterocycles. The number of benzene rings is 7. The Balaban J connectivity index is 1.41. The van der Waals surface area contributed by atoms with Crippen molar-refractivity contribution in [3.8, 4) is 22.9 Å². The van der Waals surface area contributed by atoms with E-state index in [2.05, 4.69) is 193 Å². The molecule has 0 aliphatic carbocycles. The SMILES string of the molecule is N#Cc1cc(-n2c3ccccc3c3ccccc32)ccc1-c1ccccc1[Si](c1ccccc1)(c1ccccc1)c1ccccc1. The highest BCUT2D eigenvalue weighted by Crippen LogP contribution is 2.34. The highest BCUT2D eigenvalue weighted by molar-refractivity contribution is 7.20.